The van der Waals surface area contributed by atoms with Gasteiger partial charge in [-0.1, -0.05) is 77.4 Å². The molecule has 0 aliphatic rings. The van der Waals surface area contributed by atoms with Gasteiger partial charge in [0, 0.05) is 0 Å². The van der Waals surface area contributed by atoms with Crippen LogP contribution in [-0.2, 0) is 0 Å². The van der Waals surface area contributed by atoms with E-state index in [1.54, 1.807) is 6.08 Å². The Morgan fingerprint density at radius 2 is 1.33 bits per heavy atom. The molecule has 0 rings (SSSR count). The van der Waals surface area contributed by atoms with Gasteiger partial charge in [-0.25, -0.2) is 0 Å². The van der Waals surface area contributed by atoms with Gasteiger partial charge in [0.25, 0.3) is 0 Å². The Morgan fingerprint density at radius 1 is 0.833 bits per heavy atom. The summed E-state index contributed by atoms with van der Waals surface area (Å²) in [6, 6.07) is 0. The predicted molar refractivity (Wildman–Crippen MR) is 78.7 cm³/mol. The fourth-order valence-electron chi connectivity index (χ4n) is 2.28. The Kier molecular flexibility index (Phi) is 11.5. The molecule has 0 atom stereocenters. The highest BCUT2D eigenvalue weighted by Gasteiger charge is 2.21. The number of hydrogen-bond acceptors (Lipinski definition) is 2. The molecule has 0 amide bonds. The topological polar surface area (TPSA) is 40.5 Å². The second-order valence-electron chi connectivity index (χ2n) is 5.31. The van der Waals surface area contributed by atoms with Crippen molar-refractivity contribution in [1.82, 2.24) is 0 Å². The van der Waals surface area contributed by atoms with Gasteiger partial charge in [-0.05, 0) is 12.8 Å². The third kappa shape index (κ3) is 9.67. The van der Waals surface area contributed by atoms with Gasteiger partial charge < -0.3 is 10.2 Å². The van der Waals surface area contributed by atoms with Gasteiger partial charge in [0.2, 0.25) is 0 Å². The molecule has 0 heterocycles. The SMILES string of the molecule is CCCCCCC(O)(/C=C\CO)CCCCCC. The van der Waals surface area contributed by atoms with Crippen molar-refractivity contribution in [1.29, 1.82) is 0 Å². The molecule has 2 N–H and O–H groups in total. The van der Waals surface area contributed by atoms with E-state index in [9.17, 15) is 5.11 Å². The zero-order valence-electron chi connectivity index (χ0n) is 12.3. The van der Waals surface area contributed by atoms with Gasteiger partial charge in [0.1, 0.15) is 0 Å². The first-order valence-corrected chi connectivity index (χ1v) is 7.69. The number of hydrogen-bond donors (Lipinski definition) is 2. The molecule has 0 aromatic heterocycles. The zero-order chi connectivity index (χ0) is 13.7. The Bertz CT molecular complexity index is 187. The summed E-state index contributed by atoms with van der Waals surface area (Å²) >= 11 is 0. The lowest BCUT2D eigenvalue weighted by Crippen LogP contribution is -2.25. The van der Waals surface area contributed by atoms with Crippen molar-refractivity contribution in [3.63, 3.8) is 0 Å². The van der Waals surface area contributed by atoms with Crippen LogP contribution in [0.3, 0.4) is 0 Å². The smallest absolute Gasteiger partial charge is 0.0828 e. The molecule has 0 radical (unpaired) electrons. The number of unbranched alkanes of at least 4 members (excludes halogenated alkanes) is 6. The quantitative estimate of drug-likeness (QED) is 0.406. The van der Waals surface area contributed by atoms with Gasteiger partial charge in [0.15, 0.2) is 0 Å². The summed E-state index contributed by atoms with van der Waals surface area (Å²) < 4.78 is 0. The van der Waals surface area contributed by atoms with Crippen molar-refractivity contribution in [3.8, 4) is 0 Å². The van der Waals surface area contributed by atoms with E-state index in [1.165, 1.54) is 38.5 Å². The van der Waals surface area contributed by atoms with Crippen molar-refractivity contribution in [2.45, 2.75) is 83.7 Å². The summed E-state index contributed by atoms with van der Waals surface area (Å²) in [6.07, 6.45) is 14.6. The standard InChI is InChI=1S/C16H32O2/c1-3-5-7-9-12-16(18,14-11-15-17)13-10-8-6-4-2/h11,14,17-18H,3-10,12-13,15H2,1-2H3/b14-11-. The Hall–Kier alpha value is -0.340. The molecular weight excluding hydrogens is 224 g/mol. The average molecular weight is 256 g/mol. The van der Waals surface area contributed by atoms with E-state index < -0.39 is 5.60 Å². The summed E-state index contributed by atoms with van der Waals surface area (Å²) in [5, 5.41) is 19.4. The molecule has 0 aromatic rings. The van der Waals surface area contributed by atoms with Gasteiger partial charge in [0.05, 0.1) is 12.2 Å². The molecular formula is C16H32O2. The fourth-order valence-corrected chi connectivity index (χ4v) is 2.28. The summed E-state index contributed by atoms with van der Waals surface area (Å²) in [5.41, 5.74) is -0.690. The lowest BCUT2D eigenvalue weighted by atomic mass is 9.89. The van der Waals surface area contributed by atoms with Crippen LogP contribution in [0.25, 0.3) is 0 Å². The monoisotopic (exact) mass is 256 g/mol. The van der Waals surface area contributed by atoms with Crippen LogP contribution >= 0.6 is 0 Å². The Balaban J connectivity index is 4.03. The summed E-state index contributed by atoms with van der Waals surface area (Å²) in [7, 11) is 0. The molecule has 0 bridgehead atoms. The summed E-state index contributed by atoms with van der Waals surface area (Å²) in [4.78, 5) is 0. The maximum absolute atomic E-state index is 10.5. The van der Waals surface area contributed by atoms with E-state index in [0.29, 0.717) is 0 Å². The maximum atomic E-state index is 10.5. The van der Waals surface area contributed by atoms with Crippen LogP contribution in [0.2, 0.25) is 0 Å². The second kappa shape index (κ2) is 11.7. The van der Waals surface area contributed by atoms with Crippen molar-refractivity contribution in [2.24, 2.45) is 0 Å². The van der Waals surface area contributed by atoms with Gasteiger partial charge in [-0.15, -0.1) is 0 Å². The largest absolute Gasteiger partial charge is 0.392 e. The average Bonchev–Trinajstić information content (AvgIpc) is 2.38. The molecule has 2 nitrogen and oxygen atoms in total. The van der Waals surface area contributed by atoms with Crippen molar-refractivity contribution in [2.75, 3.05) is 6.61 Å². The van der Waals surface area contributed by atoms with Gasteiger partial charge in [-0.2, -0.15) is 0 Å². The first kappa shape index (κ1) is 17.7. The van der Waals surface area contributed by atoms with Crippen LogP contribution in [0.5, 0.6) is 0 Å². The highest BCUT2D eigenvalue weighted by atomic mass is 16.3. The first-order chi connectivity index (χ1) is 8.68. The summed E-state index contributed by atoms with van der Waals surface area (Å²) in [5.74, 6) is 0. The molecule has 0 aromatic carbocycles. The van der Waals surface area contributed by atoms with Crippen LogP contribution in [0.4, 0.5) is 0 Å². The van der Waals surface area contributed by atoms with Crippen LogP contribution in [0.15, 0.2) is 12.2 Å². The third-order valence-corrected chi connectivity index (χ3v) is 3.46. The molecule has 0 fully saturated rings. The van der Waals surface area contributed by atoms with E-state index in [1.807, 2.05) is 6.08 Å². The van der Waals surface area contributed by atoms with Crippen molar-refractivity contribution in [3.05, 3.63) is 12.2 Å². The molecule has 2 heteroatoms. The Morgan fingerprint density at radius 3 is 1.72 bits per heavy atom. The molecule has 0 aliphatic carbocycles. The van der Waals surface area contributed by atoms with Crippen LogP contribution < -0.4 is 0 Å². The lowest BCUT2D eigenvalue weighted by molar-refractivity contribution is 0.0656. The third-order valence-electron chi connectivity index (χ3n) is 3.46. The Labute approximate surface area is 113 Å². The maximum Gasteiger partial charge on any atom is 0.0828 e. The summed E-state index contributed by atoms with van der Waals surface area (Å²) in [6.45, 7) is 4.41. The minimum Gasteiger partial charge on any atom is -0.392 e. The molecule has 18 heavy (non-hydrogen) atoms. The highest BCUT2D eigenvalue weighted by molar-refractivity contribution is 5.00. The molecule has 0 saturated carbocycles. The number of rotatable bonds is 12. The minimum absolute atomic E-state index is 0.0201. The second-order valence-corrected chi connectivity index (χ2v) is 5.31. The lowest BCUT2D eigenvalue weighted by Gasteiger charge is -2.25. The zero-order valence-corrected chi connectivity index (χ0v) is 12.3. The molecule has 0 aliphatic heterocycles. The van der Waals surface area contributed by atoms with Crippen LogP contribution in [0.1, 0.15) is 78.1 Å². The normalized spacial score (nSPS) is 12.4. The van der Waals surface area contributed by atoms with E-state index in [-0.39, 0.29) is 6.61 Å². The van der Waals surface area contributed by atoms with Crippen molar-refractivity contribution >= 4 is 0 Å². The predicted octanol–water partition coefficient (Wildman–Crippen LogP) is 4.21. The van der Waals surface area contributed by atoms with Crippen LogP contribution in [-0.4, -0.2) is 22.4 Å². The minimum atomic E-state index is -0.690. The first-order valence-electron chi connectivity index (χ1n) is 7.69. The fraction of sp³-hybridized carbons (Fsp3) is 0.875. The molecule has 0 unspecified atom stereocenters. The van der Waals surface area contributed by atoms with Gasteiger partial charge >= 0.3 is 0 Å². The molecule has 0 saturated heterocycles. The highest BCUT2D eigenvalue weighted by Crippen LogP contribution is 2.24. The van der Waals surface area contributed by atoms with Gasteiger partial charge in [-0.3, -0.25) is 0 Å². The van der Waals surface area contributed by atoms with E-state index in [2.05, 4.69) is 13.8 Å². The van der Waals surface area contributed by atoms with Crippen molar-refractivity contribution < 1.29 is 10.2 Å². The van der Waals surface area contributed by atoms with E-state index in [4.69, 9.17) is 5.11 Å². The number of aliphatic hydroxyl groups excluding tert-OH is 1. The molecule has 0 spiro atoms. The number of aliphatic hydroxyl groups is 2. The van der Waals surface area contributed by atoms with Crippen LogP contribution in [0, 0.1) is 0 Å². The molecule has 108 valence electrons. The van der Waals surface area contributed by atoms with E-state index in [0.717, 1.165) is 25.7 Å². The van der Waals surface area contributed by atoms with E-state index >= 15 is 0 Å².